The summed E-state index contributed by atoms with van der Waals surface area (Å²) in [6.45, 7) is 2.31. The highest BCUT2D eigenvalue weighted by atomic mass is 79.9. The molecule has 1 N–H and O–H groups in total. The Balaban J connectivity index is 2.28. The molecule has 0 aliphatic heterocycles. The van der Waals surface area contributed by atoms with Gasteiger partial charge in [0.2, 0.25) is 0 Å². The van der Waals surface area contributed by atoms with Crippen LogP contribution in [0.2, 0.25) is 5.02 Å². The number of amides is 1. The fourth-order valence-corrected chi connectivity index (χ4v) is 2.57. The molecule has 0 bridgehead atoms. The quantitative estimate of drug-likeness (QED) is 0.808. The molecule has 116 valence electrons. The molecule has 0 heterocycles. The third kappa shape index (κ3) is 3.93. The summed E-state index contributed by atoms with van der Waals surface area (Å²) >= 11 is 9.53. The molecule has 0 spiro atoms. The van der Waals surface area contributed by atoms with Crippen LogP contribution >= 0.6 is 27.5 Å². The fraction of sp³-hybridized carbons (Fsp3) is 0.188. The van der Waals surface area contributed by atoms with Gasteiger partial charge < -0.3 is 14.8 Å². The van der Waals surface area contributed by atoms with Crippen LogP contribution in [0.15, 0.2) is 40.9 Å². The van der Waals surface area contributed by atoms with E-state index in [-0.39, 0.29) is 5.91 Å². The van der Waals surface area contributed by atoms with Crippen LogP contribution in [0, 0.1) is 0 Å². The summed E-state index contributed by atoms with van der Waals surface area (Å²) in [7, 11) is 1.50. The smallest absolute Gasteiger partial charge is 0.255 e. The first-order chi connectivity index (χ1) is 10.5. The Hall–Kier alpha value is -1.72. The molecule has 2 aromatic carbocycles. The van der Waals surface area contributed by atoms with Gasteiger partial charge in [0.1, 0.15) is 0 Å². The van der Waals surface area contributed by atoms with E-state index in [4.69, 9.17) is 21.1 Å². The minimum atomic E-state index is -0.277. The molecule has 0 radical (unpaired) electrons. The second-order valence-electron chi connectivity index (χ2n) is 4.39. The third-order valence-corrected chi connectivity index (χ3v) is 3.64. The van der Waals surface area contributed by atoms with E-state index in [1.807, 2.05) is 25.1 Å². The average molecular weight is 385 g/mol. The van der Waals surface area contributed by atoms with Crippen molar-refractivity contribution in [3.05, 3.63) is 51.5 Å². The van der Waals surface area contributed by atoms with Crippen molar-refractivity contribution in [3.63, 3.8) is 0 Å². The number of rotatable bonds is 5. The van der Waals surface area contributed by atoms with E-state index in [9.17, 15) is 4.79 Å². The third-order valence-electron chi connectivity index (χ3n) is 2.86. The van der Waals surface area contributed by atoms with Crippen LogP contribution in [0.5, 0.6) is 11.5 Å². The van der Waals surface area contributed by atoms with E-state index in [0.717, 1.165) is 4.47 Å². The van der Waals surface area contributed by atoms with E-state index in [1.165, 1.54) is 7.11 Å². The number of carbonyl (C=O) groups is 1. The second kappa shape index (κ2) is 7.51. The first kappa shape index (κ1) is 16.6. The van der Waals surface area contributed by atoms with Gasteiger partial charge in [-0.25, -0.2) is 0 Å². The molecule has 0 fully saturated rings. The number of anilines is 1. The van der Waals surface area contributed by atoms with Crippen LogP contribution in [-0.2, 0) is 0 Å². The highest BCUT2D eigenvalue weighted by Gasteiger charge is 2.15. The highest BCUT2D eigenvalue weighted by Crippen LogP contribution is 2.36. The maximum Gasteiger partial charge on any atom is 0.255 e. The minimum absolute atomic E-state index is 0.277. The fourth-order valence-electron chi connectivity index (χ4n) is 1.90. The number of methoxy groups -OCH3 is 1. The van der Waals surface area contributed by atoms with Crippen molar-refractivity contribution < 1.29 is 14.3 Å². The Bertz CT molecular complexity index is 691. The summed E-state index contributed by atoms with van der Waals surface area (Å²) in [5, 5.41) is 3.14. The van der Waals surface area contributed by atoms with Gasteiger partial charge in [0.25, 0.3) is 5.91 Å². The maximum atomic E-state index is 12.3. The molecule has 0 aliphatic carbocycles. The summed E-state index contributed by atoms with van der Waals surface area (Å²) in [6.07, 6.45) is 0. The lowest BCUT2D eigenvalue weighted by atomic mass is 10.1. The summed E-state index contributed by atoms with van der Waals surface area (Å²) in [5.41, 5.74) is 1.08. The Morgan fingerprint density at radius 2 is 2.09 bits per heavy atom. The summed E-state index contributed by atoms with van der Waals surface area (Å²) < 4.78 is 11.6. The van der Waals surface area contributed by atoms with Crippen molar-refractivity contribution in [2.75, 3.05) is 19.0 Å². The summed E-state index contributed by atoms with van der Waals surface area (Å²) in [5.74, 6) is 0.584. The molecule has 2 aromatic rings. The molecule has 6 heteroatoms. The zero-order chi connectivity index (χ0) is 16.1. The SMILES string of the molecule is CCOc1c(Cl)cc(C(=O)Nc2cccc(Br)c2)cc1OC. The zero-order valence-corrected chi connectivity index (χ0v) is 14.5. The Kier molecular flexibility index (Phi) is 5.69. The normalized spacial score (nSPS) is 10.2. The molecule has 0 atom stereocenters. The highest BCUT2D eigenvalue weighted by molar-refractivity contribution is 9.10. The Morgan fingerprint density at radius 1 is 1.32 bits per heavy atom. The van der Waals surface area contributed by atoms with Crippen LogP contribution < -0.4 is 14.8 Å². The van der Waals surface area contributed by atoms with Crippen LogP contribution in [0.1, 0.15) is 17.3 Å². The van der Waals surface area contributed by atoms with E-state index in [2.05, 4.69) is 21.2 Å². The van der Waals surface area contributed by atoms with Gasteiger partial charge in [0.05, 0.1) is 18.7 Å². The van der Waals surface area contributed by atoms with Crippen molar-refractivity contribution >= 4 is 39.1 Å². The van der Waals surface area contributed by atoms with Crippen LogP contribution in [0.3, 0.4) is 0 Å². The largest absolute Gasteiger partial charge is 0.493 e. The van der Waals surface area contributed by atoms with Crippen LogP contribution in [0.4, 0.5) is 5.69 Å². The topological polar surface area (TPSA) is 47.6 Å². The molecule has 0 saturated carbocycles. The number of hydrogen-bond acceptors (Lipinski definition) is 3. The predicted octanol–water partition coefficient (Wildman–Crippen LogP) is 4.76. The number of nitrogens with one attached hydrogen (secondary N) is 1. The Morgan fingerprint density at radius 3 is 2.73 bits per heavy atom. The monoisotopic (exact) mass is 383 g/mol. The van der Waals surface area contributed by atoms with Crippen molar-refractivity contribution in [2.24, 2.45) is 0 Å². The molecular formula is C16H15BrClNO3. The molecule has 0 saturated heterocycles. The van der Waals surface area contributed by atoms with E-state index >= 15 is 0 Å². The van der Waals surface area contributed by atoms with Gasteiger partial charge in [0, 0.05) is 15.7 Å². The van der Waals surface area contributed by atoms with Crippen molar-refractivity contribution in [1.29, 1.82) is 0 Å². The van der Waals surface area contributed by atoms with E-state index in [1.54, 1.807) is 18.2 Å². The minimum Gasteiger partial charge on any atom is -0.493 e. The van der Waals surface area contributed by atoms with Gasteiger partial charge >= 0.3 is 0 Å². The average Bonchev–Trinajstić information content (AvgIpc) is 2.49. The van der Waals surface area contributed by atoms with Crippen LogP contribution in [-0.4, -0.2) is 19.6 Å². The van der Waals surface area contributed by atoms with Gasteiger partial charge in [-0.15, -0.1) is 0 Å². The van der Waals surface area contributed by atoms with Gasteiger partial charge in [-0.1, -0.05) is 33.6 Å². The molecule has 0 aliphatic rings. The number of hydrogen-bond donors (Lipinski definition) is 1. The maximum absolute atomic E-state index is 12.3. The van der Waals surface area contributed by atoms with Crippen molar-refractivity contribution in [1.82, 2.24) is 0 Å². The van der Waals surface area contributed by atoms with Crippen molar-refractivity contribution in [2.45, 2.75) is 6.92 Å². The lowest BCUT2D eigenvalue weighted by Gasteiger charge is -2.13. The van der Waals surface area contributed by atoms with Crippen molar-refractivity contribution in [3.8, 4) is 11.5 Å². The predicted molar refractivity (Wildman–Crippen MR) is 91.3 cm³/mol. The zero-order valence-electron chi connectivity index (χ0n) is 12.2. The molecule has 0 unspecified atom stereocenters. The number of halogens is 2. The molecule has 0 aromatic heterocycles. The first-order valence-corrected chi connectivity index (χ1v) is 7.79. The Labute approximate surface area is 142 Å². The van der Waals surface area contributed by atoms with Gasteiger partial charge in [0.15, 0.2) is 11.5 Å². The van der Waals surface area contributed by atoms with E-state index < -0.39 is 0 Å². The van der Waals surface area contributed by atoms with Gasteiger partial charge in [-0.3, -0.25) is 4.79 Å². The van der Waals surface area contributed by atoms with Gasteiger partial charge in [-0.2, -0.15) is 0 Å². The first-order valence-electron chi connectivity index (χ1n) is 6.62. The standard InChI is InChI=1S/C16H15BrClNO3/c1-3-22-15-13(18)7-10(8-14(15)21-2)16(20)19-12-6-4-5-11(17)9-12/h4-9H,3H2,1-2H3,(H,19,20). The lowest BCUT2D eigenvalue weighted by Crippen LogP contribution is -2.12. The molecule has 4 nitrogen and oxygen atoms in total. The van der Waals surface area contributed by atoms with E-state index in [0.29, 0.717) is 34.4 Å². The lowest BCUT2D eigenvalue weighted by molar-refractivity contribution is 0.102. The summed E-state index contributed by atoms with van der Waals surface area (Å²) in [4.78, 5) is 12.3. The molecule has 1 amide bonds. The summed E-state index contributed by atoms with van der Waals surface area (Å²) in [6, 6.07) is 10.5. The molecule has 2 rings (SSSR count). The molecule has 22 heavy (non-hydrogen) atoms. The molecular weight excluding hydrogens is 370 g/mol. The number of benzene rings is 2. The number of carbonyl (C=O) groups excluding carboxylic acids is 1. The second-order valence-corrected chi connectivity index (χ2v) is 5.71. The number of ether oxygens (including phenoxy) is 2. The van der Waals surface area contributed by atoms with Gasteiger partial charge in [-0.05, 0) is 37.3 Å². The van der Waals surface area contributed by atoms with Crippen LogP contribution in [0.25, 0.3) is 0 Å².